The molecule has 0 saturated carbocycles. The van der Waals surface area contributed by atoms with Crippen molar-refractivity contribution in [1.29, 1.82) is 10.5 Å². The van der Waals surface area contributed by atoms with Gasteiger partial charge in [-0.15, -0.1) is 0 Å². The van der Waals surface area contributed by atoms with Gasteiger partial charge in [0.15, 0.2) is 0 Å². The summed E-state index contributed by atoms with van der Waals surface area (Å²) in [6.45, 7) is 0.673. The van der Waals surface area contributed by atoms with Crippen molar-refractivity contribution in [3.63, 3.8) is 0 Å². The first-order valence-electron chi connectivity index (χ1n) is 7.45. The first-order valence-corrected chi connectivity index (χ1v) is 7.45. The lowest BCUT2D eigenvalue weighted by atomic mass is 10.0. The zero-order valence-electron chi connectivity index (χ0n) is 12.9. The zero-order chi connectivity index (χ0) is 16.8. The number of nitriles is 2. The molecule has 0 N–H and O–H groups in total. The van der Waals surface area contributed by atoms with E-state index in [0.29, 0.717) is 17.7 Å². The molecular formula is C20H14N4. The lowest BCUT2D eigenvalue weighted by Crippen LogP contribution is -1.98. The Balaban J connectivity index is 1.98. The van der Waals surface area contributed by atoms with E-state index in [1.807, 2.05) is 47.2 Å². The molecule has 4 nitrogen and oxygen atoms in total. The van der Waals surface area contributed by atoms with Gasteiger partial charge in [0.2, 0.25) is 0 Å². The molecule has 0 unspecified atom stereocenters. The monoisotopic (exact) mass is 310 g/mol. The smallest absolute Gasteiger partial charge is 0.0991 e. The molecule has 0 fully saturated rings. The van der Waals surface area contributed by atoms with Crippen LogP contribution in [0.2, 0.25) is 0 Å². The average Bonchev–Trinajstić information content (AvgIpc) is 3.15. The van der Waals surface area contributed by atoms with Gasteiger partial charge in [0.25, 0.3) is 0 Å². The van der Waals surface area contributed by atoms with Crippen LogP contribution in [0.3, 0.4) is 0 Å². The molecule has 0 aliphatic carbocycles. The largest absolute Gasteiger partial charge is 0.333 e. The van der Waals surface area contributed by atoms with Gasteiger partial charge in [-0.05, 0) is 47.0 Å². The van der Waals surface area contributed by atoms with E-state index < -0.39 is 0 Å². The highest BCUT2D eigenvalue weighted by molar-refractivity contribution is 5.81. The number of aromatic nitrogens is 2. The molecule has 0 spiro atoms. The Labute approximate surface area is 140 Å². The predicted molar refractivity (Wildman–Crippen MR) is 92.4 cm³/mol. The molecule has 0 aliphatic heterocycles. The third-order valence-corrected chi connectivity index (χ3v) is 3.68. The molecule has 1 heterocycles. The molecule has 0 atom stereocenters. The maximum atomic E-state index is 8.96. The molecule has 0 aliphatic rings. The highest BCUT2D eigenvalue weighted by atomic mass is 15.0. The number of benzene rings is 2. The second-order valence-electron chi connectivity index (χ2n) is 5.33. The fourth-order valence-electron chi connectivity index (χ4n) is 2.41. The van der Waals surface area contributed by atoms with Crippen LogP contribution in [0.25, 0.3) is 11.6 Å². The minimum absolute atomic E-state index is 0.638. The molecule has 2 aromatic carbocycles. The number of hydrogen-bond donors (Lipinski definition) is 0. The number of hydrogen-bond acceptors (Lipinski definition) is 3. The van der Waals surface area contributed by atoms with Gasteiger partial charge < -0.3 is 4.57 Å². The number of rotatable bonds is 4. The molecular weight excluding hydrogens is 296 g/mol. The summed E-state index contributed by atoms with van der Waals surface area (Å²) in [7, 11) is 0. The van der Waals surface area contributed by atoms with Gasteiger partial charge >= 0.3 is 0 Å². The zero-order valence-corrected chi connectivity index (χ0v) is 12.9. The van der Waals surface area contributed by atoms with E-state index in [-0.39, 0.29) is 0 Å². The third-order valence-electron chi connectivity index (χ3n) is 3.68. The molecule has 0 amide bonds. The normalized spacial score (nSPS) is 10.8. The van der Waals surface area contributed by atoms with Crippen molar-refractivity contribution in [1.82, 2.24) is 9.55 Å². The summed E-state index contributed by atoms with van der Waals surface area (Å²) in [5.74, 6) is 0. The van der Waals surface area contributed by atoms with Crippen molar-refractivity contribution in [3.05, 3.63) is 89.5 Å². The average molecular weight is 310 g/mol. The quantitative estimate of drug-likeness (QED) is 0.687. The lowest BCUT2D eigenvalue weighted by Gasteiger charge is -2.10. The first kappa shape index (κ1) is 15.3. The molecule has 0 radical (unpaired) electrons. The van der Waals surface area contributed by atoms with Gasteiger partial charge in [-0.1, -0.05) is 24.3 Å². The molecule has 3 aromatic rings. The van der Waals surface area contributed by atoms with Crippen LogP contribution < -0.4 is 0 Å². The molecule has 3 rings (SSSR count). The Bertz CT molecular complexity index is 919. The van der Waals surface area contributed by atoms with E-state index in [0.717, 1.165) is 16.7 Å². The molecule has 24 heavy (non-hydrogen) atoms. The number of allylic oxidation sites excluding steroid dienone is 1. The minimum Gasteiger partial charge on any atom is -0.333 e. The van der Waals surface area contributed by atoms with Gasteiger partial charge in [0.1, 0.15) is 0 Å². The summed E-state index contributed by atoms with van der Waals surface area (Å²) >= 11 is 0. The van der Waals surface area contributed by atoms with Crippen LogP contribution in [0.5, 0.6) is 0 Å². The minimum atomic E-state index is 0.638. The Hall–Kier alpha value is -3.63. The SMILES string of the molecule is N#Cc1ccc(/C=C(/Cn2ccnc2)c2ccc(C#N)cc2)cc1. The van der Waals surface area contributed by atoms with Gasteiger partial charge in [-0.2, -0.15) is 10.5 Å². The molecule has 1 aromatic heterocycles. The van der Waals surface area contributed by atoms with Crippen molar-refractivity contribution in [2.75, 3.05) is 0 Å². The number of imidazole rings is 1. The second-order valence-corrected chi connectivity index (χ2v) is 5.33. The van der Waals surface area contributed by atoms with Crippen LogP contribution in [0.4, 0.5) is 0 Å². The van der Waals surface area contributed by atoms with E-state index in [2.05, 4.69) is 23.2 Å². The number of nitrogens with zero attached hydrogens (tertiary/aromatic N) is 4. The van der Waals surface area contributed by atoms with Crippen LogP contribution in [-0.4, -0.2) is 9.55 Å². The standard InChI is InChI=1S/C20H14N4/c21-12-17-3-1-16(2-4-17)11-20(14-24-10-9-23-15-24)19-7-5-18(13-22)6-8-19/h1-11,15H,14H2/b20-11-. The Morgan fingerprint density at radius 1 is 0.958 bits per heavy atom. The van der Waals surface area contributed by atoms with Crippen molar-refractivity contribution in [2.45, 2.75) is 6.54 Å². The Kier molecular flexibility index (Phi) is 4.51. The molecule has 4 heteroatoms. The van der Waals surface area contributed by atoms with Gasteiger partial charge in [0.05, 0.1) is 29.6 Å². The Morgan fingerprint density at radius 2 is 1.58 bits per heavy atom. The van der Waals surface area contributed by atoms with E-state index in [9.17, 15) is 0 Å². The van der Waals surface area contributed by atoms with Crippen molar-refractivity contribution < 1.29 is 0 Å². The maximum absolute atomic E-state index is 8.96. The molecule has 114 valence electrons. The first-order chi connectivity index (χ1) is 11.8. The van der Waals surface area contributed by atoms with E-state index in [1.165, 1.54) is 0 Å². The van der Waals surface area contributed by atoms with E-state index >= 15 is 0 Å². The predicted octanol–water partition coefficient (Wildman–Crippen LogP) is 3.87. The summed E-state index contributed by atoms with van der Waals surface area (Å²) in [6, 6.07) is 19.3. The highest BCUT2D eigenvalue weighted by Crippen LogP contribution is 2.21. The third kappa shape index (κ3) is 3.58. The van der Waals surface area contributed by atoms with Crippen LogP contribution in [0.15, 0.2) is 67.3 Å². The molecule has 0 saturated heterocycles. The van der Waals surface area contributed by atoms with Crippen molar-refractivity contribution >= 4 is 11.6 Å². The lowest BCUT2D eigenvalue weighted by molar-refractivity contribution is 0.836. The second kappa shape index (κ2) is 7.09. The fraction of sp³-hybridized carbons (Fsp3) is 0.0500. The summed E-state index contributed by atoms with van der Waals surface area (Å²) in [6.07, 6.45) is 7.52. The van der Waals surface area contributed by atoms with Gasteiger partial charge in [-0.25, -0.2) is 4.98 Å². The van der Waals surface area contributed by atoms with Crippen molar-refractivity contribution in [3.8, 4) is 12.1 Å². The Morgan fingerprint density at radius 3 is 2.12 bits per heavy atom. The highest BCUT2D eigenvalue weighted by Gasteiger charge is 2.04. The molecule has 0 bridgehead atoms. The van der Waals surface area contributed by atoms with E-state index in [1.54, 1.807) is 24.7 Å². The van der Waals surface area contributed by atoms with Gasteiger partial charge in [-0.3, -0.25) is 0 Å². The van der Waals surface area contributed by atoms with Crippen LogP contribution in [-0.2, 0) is 6.54 Å². The summed E-state index contributed by atoms with van der Waals surface area (Å²) in [5.41, 5.74) is 4.45. The maximum Gasteiger partial charge on any atom is 0.0991 e. The van der Waals surface area contributed by atoms with E-state index in [4.69, 9.17) is 10.5 Å². The summed E-state index contributed by atoms with van der Waals surface area (Å²) in [4.78, 5) is 4.08. The fourth-order valence-corrected chi connectivity index (χ4v) is 2.41. The topological polar surface area (TPSA) is 65.4 Å². The summed E-state index contributed by atoms with van der Waals surface area (Å²) in [5, 5.41) is 17.9. The van der Waals surface area contributed by atoms with Gasteiger partial charge in [0, 0.05) is 18.9 Å². The van der Waals surface area contributed by atoms with Crippen molar-refractivity contribution in [2.24, 2.45) is 0 Å². The van der Waals surface area contributed by atoms with Crippen LogP contribution in [0.1, 0.15) is 22.3 Å². The summed E-state index contributed by atoms with van der Waals surface area (Å²) < 4.78 is 1.99. The van der Waals surface area contributed by atoms with Crippen LogP contribution >= 0.6 is 0 Å². The van der Waals surface area contributed by atoms with Crippen LogP contribution in [0, 0.1) is 22.7 Å².